The molecule has 4 heteroatoms. The van der Waals surface area contributed by atoms with Crippen molar-refractivity contribution in [1.82, 2.24) is 10.6 Å². The summed E-state index contributed by atoms with van der Waals surface area (Å²) in [4.78, 5) is 4.28. The molecule has 0 bridgehead atoms. The van der Waals surface area contributed by atoms with Gasteiger partial charge in [0, 0.05) is 13.1 Å². The Balaban J connectivity index is 1.73. The SMILES string of the molecule is CN=C(NCC(C)Oc1ccc(C)cc1)NC1CCCC1. The fourth-order valence-corrected chi connectivity index (χ4v) is 2.59. The Labute approximate surface area is 128 Å². The van der Waals surface area contributed by atoms with Crippen molar-refractivity contribution in [1.29, 1.82) is 0 Å². The van der Waals surface area contributed by atoms with Gasteiger partial charge in [0.05, 0.1) is 6.54 Å². The van der Waals surface area contributed by atoms with Gasteiger partial charge in [-0.1, -0.05) is 30.5 Å². The lowest BCUT2D eigenvalue weighted by Crippen LogP contribution is -2.45. The summed E-state index contributed by atoms with van der Waals surface area (Å²) in [5.74, 6) is 1.79. The first kappa shape index (κ1) is 15.7. The van der Waals surface area contributed by atoms with Crippen LogP contribution in [0.3, 0.4) is 0 Å². The molecule has 0 heterocycles. The van der Waals surface area contributed by atoms with Crippen LogP contribution in [0.5, 0.6) is 5.75 Å². The van der Waals surface area contributed by atoms with Gasteiger partial charge >= 0.3 is 0 Å². The maximum Gasteiger partial charge on any atom is 0.191 e. The fraction of sp³-hybridized carbons (Fsp3) is 0.588. The Morgan fingerprint density at radius 3 is 2.57 bits per heavy atom. The third-order valence-electron chi connectivity index (χ3n) is 3.83. The molecule has 1 aliphatic rings. The van der Waals surface area contributed by atoms with Gasteiger partial charge in [-0.05, 0) is 38.8 Å². The number of benzene rings is 1. The molecule has 2 rings (SSSR count). The summed E-state index contributed by atoms with van der Waals surface area (Å²) >= 11 is 0. The third-order valence-corrected chi connectivity index (χ3v) is 3.83. The van der Waals surface area contributed by atoms with E-state index in [1.54, 1.807) is 0 Å². The van der Waals surface area contributed by atoms with Crippen LogP contribution >= 0.6 is 0 Å². The molecule has 1 saturated carbocycles. The van der Waals surface area contributed by atoms with Gasteiger partial charge in [-0.3, -0.25) is 4.99 Å². The molecule has 1 unspecified atom stereocenters. The molecular formula is C17H27N3O. The quantitative estimate of drug-likeness (QED) is 0.647. The van der Waals surface area contributed by atoms with Crippen molar-refractivity contribution < 1.29 is 4.74 Å². The molecule has 1 fully saturated rings. The first-order chi connectivity index (χ1) is 10.2. The molecule has 0 amide bonds. The number of aryl methyl sites for hydroxylation is 1. The second-order valence-electron chi connectivity index (χ2n) is 5.82. The van der Waals surface area contributed by atoms with E-state index in [-0.39, 0.29) is 6.10 Å². The number of guanidine groups is 1. The maximum absolute atomic E-state index is 5.89. The van der Waals surface area contributed by atoms with Crippen molar-refractivity contribution in [3.05, 3.63) is 29.8 Å². The van der Waals surface area contributed by atoms with Gasteiger partial charge in [-0.25, -0.2) is 0 Å². The van der Waals surface area contributed by atoms with Gasteiger partial charge in [0.2, 0.25) is 0 Å². The molecule has 116 valence electrons. The Kier molecular flexibility index (Phi) is 5.90. The smallest absolute Gasteiger partial charge is 0.191 e. The lowest BCUT2D eigenvalue weighted by molar-refractivity contribution is 0.223. The minimum Gasteiger partial charge on any atom is -0.489 e. The van der Waals surface area contributed by atoms with Crippen LogP contribution in [0, 0.1) is 6.92 Å². The summed E-state index contributed by atoms with van der Waals surface area (Å²) < 4.78 is 5.89. The minimum atomic E-state index is 0.0924. The maximum atomic E-state index is 5.89. The molecule has 21 heavy (non-hydrogen) atoms. The number of aliphatic imine (C=N–C) groups is 1. The van der Waals surface area contributed by atoms with Gasteiger partial charge in [0.15, 0.2) is 5.96 Å². The Morgan fingerprint density at radius 2 is 1.95 bits per heavy atom. The zero-order valence-corrected chi connectivity index (χ0v) is 13.4. The molecule has 0 saturated heterocycles. The van der Waals surface area contributed by atoms with E-state index >= 15 is 0 Å². The summed E-state index contributed by atoms with van der Waals surface area (Å²) in [7, 11) is 1.82. The second kappa shape index (κ2) is 7.91. The van der Waals surface area contributed by atoms with Crippen molar-refractivity contribution in [3.63, 3.8) is 0 Å². The van der Waals surface area contributed by atoms with Gasteiger partial charge in [-0.2, -0.15) is 0 Å². The molecule has 1 atom stereocenters. The predicted octanol–water partition coefficient (Wildman–Crippen LogP) is 2.87. The van der Waals surface area contributed by atoms with Crippen LogP contribution in [0.1, 0.15) is 38.2 Å². The highest BCUT2D eigenvalue weighted by Gasteiger charge is 2.16. The van der Waals surface area contributed by atoms with Crippen LogP contribution in [0.25, 0.3) is 0 Å². The topological polar surface area (TPSA) is 45.7 Å². The highest BCUT2D eigenvalue weighted by molar-refractivity contribution is 5.80. The number of hydrogen-bond donors (Lipinski definition) is 2. The molecule has 1 aromatic carbocycles. The number of hydrogen-bond acceptors (Lipinski definition) is 2. The highest BCUT2D eigenvalue weighted by Crippen LogP contribution is 2.17. The van der Waals surface area contributed by atoms with Gasteiger partial charge in [0.25, 0.3) is 0 Å². The van der Waals surface area contributed by atoms with E-state index in [0.717, 1.165) is 18.3 Å². The van der Waals surface area contributed by atoms with Crippen LogP contribution in [-0.4, -0.2) is 31.7 Å². The van der Waals surface area contributed by atoms with Crippen LogP contribution in [0.15, 0.2) is 29.3 Å². The van der Waals surface area contributed by atoms with Crippen LogP contribution in [-0.2, 0) is 0 Å². The van der Waals surface area contributed by atoms with E-state index < -0.39 is 0 Å². The fourth-order valence-electron chi connectivity index (χ4n) is 2.59. The van der Waals surface area contributed by atoms with Gasteiger partial charge in [-0.15, -0.1) is 0 Å². The number of rotatable bonds is 5. The minimum absolute atomic E-state index is 0.0924. The summed E-state index contributed by atoms with van der Waals surface area (Å²) in [6.45, 7) is 4.88. The first-order valence-corrected chi connectivity index (χ1v) is 7.88. The molecule has 0 spiro atoms. The van der Waals surface area contributed by atoms with Crippen LogP contribution in [0.2, 0.25) is 0 Å². The lowest BCUT2D eigenvalue weighted by Gasteiger charge is -2.20. The molecule has 0 aromatic heterocycles. The van der Waals surface area contributed by atoms with E-state index in [4.69, 9.17) is 4.74 Å². The summed E-state index contributed by atoms with van der Waals surface area (Å²) in [6, 6.07) is 8.73. The Hall–Kier alpha value is -1.71. The van der Waals surface area contributed by atoms with Crippen molar-refractivity contribution in [2.75, 3.05) is 13.6 Å². The normalized spacial score (nSPS) is 17.6. The van der Waals surface area contributed by atoms with E-state index in [0.29, 0.717) is 6.04 Å². The van der Waals surface area contributed by atoms with Crippen molar-refractivity contribution in [2.24, 2.45) is 4.99 Å². The molecule has 1 aliphatic carbocycles. The average Bonchev–Trinajstić information content (AvgIpc) is 2.99. The standard InChI is InChI=1S/C17H27N3O/c1-13-8-10-16(11-9-13)21-14(2)12-19-17(18-3)20-15-6-4-5-7-15/h8-11,14-15H,4-7,12H2,1-3H3,(H2,18,19,20). The van der Waals surface area contributed by atoms with E-state index in [9.17, 15) is 0 Å². The van der Waals surface area contributed by atoms with Crippen molar-refractivity contribution >= 4 is 5.96 Å². The van der Waals surface area contributed by atoms with Crippen molar-refractivity contribution in [2.45, 2.75) is 51.7 Å². The van der Waals surface area contributed by atoms with Crippen molar-refractivity contribution in [3.8, 4) is 5.75 Å². The Morgan fingerprint density at radius 1 is 1.29 bits per heavy atom. The highest BCUT2D eigenvalue weighted by atomic mass is 16.5. The number of ether oxygens (including phenoxy) is 1. The molecule has 1 aromatic rings. The summed E-state index contributed by atoms with van der Waals surface area (Å²) in [6.07, 6.45) is 5.23. The van der Waals surface area contributed by atoms with Crippen LogP contribution < -0.4 is 15.4 Å². The molecule has 4 nitrogen and oxygen atoms in total. The zero-order chi connectivity index (χ0) is 15.1. The second-order valence-corrected chi connectivity index (χ2v) is 5.82. The summed E-state index contributed by atoms with van der Waals surface area (Å²) in [5, 5.41) is 6.82. The average molecular weight is 289 g/mol. The van der Waals surface area contributed by atoms with Crippen LogP contribution in [0.4, 0.5) is 0 Å². The van der Waals surface area contributed by atoms with E-state index in [1.807, 2.05) is 19.2 Å². The van der Waals surface area contributed by atoms with Gasteiger partial charge in [0.1, 0.15) is 11.9 Å². The molecule has 0 radical (unpaired) electrons. The zero-order valence-electron chi connectivity index (χ0n) is 13.4. The monoisotopic (exact) mass is 289 g/mol. The molecular weight excluding hydrogens is 262 g/mol. The number of nitrogens with zero attached hydrogens (tertiary/aromatic N) is 1. The summed E-state index contributed by atoms with van der Waals surface area (Å²) in [5.41, 5.74) is 1.24. The van der Waals surface area contributed by atoms with E-state index in [1.165, 1.54) is 31.2 Å². The molecule has 0 aliphatic heterocycles. The number of nitrogens with one attached hydrogen (secondary N) is 2. The van der Waals surface area contributed by atoms with Gasteiger partial charge < -0.3 is 15.4 Å². The largest absolute Gasteiger partial charge is 0.489 e. The lowest BCUT2D eigenvalue weighted by atomic mass is 10.2. The third kappa shape index (κ3) is 5.29. The predicted molar refractivity (Wildman–Crippen MR) is 88.0 cm³/mol. The Bertz CT molecular complexity index is 450. The first-order valence-electron chi connectivity index (χ1n) is 7.88. The van der Waals surface area contributed by atoms with E-state index in [2.05, 4.69) is 41.6 Å². The molecule has 2 N–H and O–H groups in total.